The highest BCUT2D eigenvalue weighted by molar-refractivity contribution is 5.17. The summed E-state index contributed by atoms with van der Waals surface area (Å²) in [5, 5.41) is 3.66. The fraction of sp³-hybridized carbons (Fsp3) is 0.706. The molecule has 0 radical (unpaired) electrons. The number of hydrogen-bond acceptors (Lipinski definition) is 4. The number of methoxy groups -OCH3 is 1. The van der Waals surface area contributed by atoms with Crippen LogP contribution in [-0.4, -0.2) is 42.7 Å². The summed E-state index contributed by atoms with van der Waals surface area (Å²) in [6, 6.07) is 4.55. The summed E-state index contributed by atoms with van der Waals surface area (Å²) in [7, 11) is 1.65. The van der Waals surface area contributed by atoms with Gasteiger partial charge in [-0.05, 0) is 50.8 Å². The fourth-order valence-corrected chi connectivity index (χ4v) is 3.10. The molecule has 0 aliphatic carbocycles. The lowest BCUT2D eigenvalue weighted by atomic mass is 9.91. The summed E-state index contributed by atoms with van der Waals surface area (Å²) in [4.78, 5) is 6.87. The quantitative estimate of drug-likeness (QED) is 0.838. The zero-order valence-electron chi connectivity index (χ0n) is 13.6. The summed E-state index contributed by atoms with van der Waals surface area (Å²) in [5.74, 6) is 1.44. The number of nitrogens with zero attached hydrogens (tertiary/aromatic N) is 2. The Morgan fingerprint density at radius 3 is 3.00 bits per heavy atom. The average molecular weight is 291 g/mol. The van der Waals surface area contributed by atoms with Crippen LogP contribution in [0.15, 0.2) is 18.3 Å². The highest BCUT2D eigenvalue weighted by Crippen LogP contribution is 2.20. The third-order valence-corrected chi connectivity index (χ3v) is 4.42. The Bertz CT molecular complexity index is 405. The number of piperidine rings is 1. The first kappa shape index (κ1) is 16.2. The van der Waals surface area contributed by atoms with Crippen LogP contribution in [0.3, 0.4) is 0 Å². The van der Waals surface area contributed by atoms with Crippen LogP contribution in [0.4, 0.5) is 0 Å². The molecule has 1 aromatic rings. The van der Waals surface area contributed by atoms with Crippen molar-refractivity contribution in [3.63, 3.8) is 0 Å². The predicted molar refractivity (Wildman–Crippen MR) is 86.5 cm³/mol. The number of hydrogen-bond donors (Lipinski definition) is 1. The second-order valence-corrected chi connectivity index (χ2v) is 6.08. The molecule has 2 atom stereocenters. The molecule has 0 amide bonds. The number of likely N-dealkylation sites (tertiary alicyclic amines) is 1. The highest BCUT2D eigenvalue weighted by Gasteiger charge is 2.23. The van der Waals surface area contributed by atoms with Gasteiger partial charge >= 0.3 is 0 Å². The molecule has 1 fully saturated rings. The van der Waals surface area contributed by atoms with Gasteiger partial charge in [-0.1, -0.05) is 13.0 Å². The number of ether oxygens (including phenoxy) is 1. The monoisotopic (exact) mass is 291 g/mol. The summed E-state index contributed by atoms with van der Waals surface area (Å²) < 4.78 is 5.09. The van der Waals surface area contributed by atoms with Crippen molar-refractivity contribution in [1.29, 1.82) is 0 Å². The molecule has 4 nitrogen and oxygen atoms in total. The van der Waals surface area contributed by atoms with E-state index in [1.54, 1.807) is 7.11 Å². The van der Waals surface area contributed by atoms with E-state index in [0.717, 1.165) is 12.5 Å². The smallest absolute Gasteiger partial charge is 0.212 e. The first-order valence-corrected chi connectivity index (χ1v) is 8.17. The fourth-order valence-electron chi connectivity index (χ4n) is 3.10. The Morgan fingerprint density at radius 1 is 1.48 bits per heavy atom. The Kier molecular flexibility index (Phi) is 6.46. The van der Waals surface area contributed by atoms with Gasteiger partial charge in [0.05, 0.1) is 7.11 Å². The van der Waals surface area contributed by atoms with Crippen LogP contribution in [0.2, 0.25) is 0 Å². The molecule has 1 aliphatic rings. The molecule has 0 aromatic carbocycles. The van der Waals surface area contributed by atoms with Crippen molar-refractivity contribution in [1.82, 2.24) is 15.2 Å². The number of rotatable bonds is 7. The maximum absolute atomic E-state index is 5.09. The van der Waals surface area contributed by atoms with Crippen LogP contribution < -0.4 is 10.1 Å². The molecule has 2 unspecified atom stereocenters. The maximum Gasteiger partial charge on any atom is 0.212 e. The van der Waals surface area contributed by atoms with Crippen LogP contribution in [0.1, 0.15) is 38.7 Å². The normalized spacial score (nSPS) is 21.2. The van der Waals surface area contributed by atoms with Crippen molar-refractivity contribution in [2.45, 2.75) is 45.7 Å². The Balaban J connectivity index is 1.78. The molecule has 0 spiro atoms. The van der Waals surface area contributed by atoms with E-state index in [-0.39, 0.29) is 0 Å². The molecule has 0 saturated carbocycles. The minimum Gasteiger partial charge on any atom is -0.481 e. The molecule has 4 heteroatoms. The third-order valence-electron chi connectivity index (χ3n) is 4.42. The van der Waals surface area contributed by atoms with E-state index in [1.807, 2.05) is 12.3 Å². The van der Waals surface area contributed by atoms with E-state index in [0.29, 0.717) is 11.9 Å². The van der Waals surface area contributed by atoms with Gasteiger partial charge in [0.1, 0.15) is 0 Å². The van der Waals surface area contributed by atoms with Gasteiger partial charge in [0.25, 0.3) is 0 Å². The molecule has 2 rings (SSSR count). The largest absolute Gasteiger partial charge is 0.481 e. The lowest BCUT2D eigenvalue weighted by Gasteiger charge is -2.36. The zero-order valence-corrected chi connectivity index (χ0v) is 13.6. The number of aromatic nitrogens is 1. The van der Waals surface area contributed by atoms with E-state index in [2.05, 4.69) is 35.1 Å². The van der Waals surface area contributed by atoms with E-state index >= 15 is 0 Å². The van der Waals surface area contributed by atoms with Crippen molar-refractivity contribution in [2.24, 2.45) is 5.92 Å². The minimum absolute atomic E-state index is 0.548. The minimum atomic E-state index is 0.548. The standard InChI is InChI=1S/C17H29N3O/c1-4-9-20-10-5-6-16(13-20)14(2)18-11-15-7-8-17(21-3)19-12-15/h7-8,12,14,16,18H,4-6,9-11,13H2,1-3H3. The topological polar surface area (TPSA) is 37.4 Å². The molecule has 0 bridgehead atoms. The molecule has 1 aromatic heterocycles. The summed E-state index contributed by atoms with van der Waals surface area (Å²) in [6.45, 7) is 9.22. The van der Waals surface area contributed by atoms with Crippen LogP contribution >= 0.6 is 0 Å². The van der Waals surface area contributed by atoms with Gasteiger partial charge in [0.15, 0.2) is 0 Å². The summed E-state index contributed by atoms with van der Waals surface area (Å²) in [5.41, 5.74) is 1.21. The second-order valence-electron chi connectivity index (χ2n) is 6.08. The SMILES string of the molecule is CCCN1CCCC(C(C)NCc2ccc(OC)nc2)C1. The summed E-state index contributed by atoms with van der Waals surface area (Å²) >= 11 is 0. The van der Waals surface area contributed by atoms with Gasteiger partial charge < -0.3 is 15.0 Å². The molecule has 2 heterocycles. The second kappa shape index (κ2) is 8.35. The van der Waals surface area contributed by atoms with Gasteiger partial charge in [0.2, 0.25) is 5.88 Å². The Morgan fingerprint density at radius 2 is 2.33 bits per heavy atom. The lowest BCUT2D eigenvalue weighted by Crippen LogP contribution is -2.44. The Hall–Kier alpha value is -1.13. The molecule has 1 N–H and O–H groups in total. The van der Waals surface area contributed by atoms with Gasteiger partial charge in [0, 0.05) is 31.4 Å². The van der Waals surface area contributed by atoms with E-state index in [4.69, 9.17) is 4.74 Å². The number of nitrogens with one attached hydrogen (secondary N) is 1. The molecule has 118 valence electrons. The zero-order chi connectivity index (χ0) is 15.1. The first-order valence-electron chi connectivity index (χ1n) is 8.17. The van der Waals surface area contributed by atoms with Crippen LogP contribution in [-0.2, 0) is 6.54 Å². The van der Waals surface area contributed by atoms with E-state index in [9.17, 15) is 0 Å². The van der Waals surface area contributed by atoms with Gasteiger partial charge in [-0.15, -0.1) is 0 Å². The Labute approximate surface area is 128 Å². The predicted octanol–water partition coefficient (Wildman–Crippen LogP) is 2.69. The van der Waals surface area contributed by atoms with Crippen molar-refractivity contribution in [3.05, 3.63) is 23.9 Å². The lowest BCUT2D eigenvalue weighted by molar-refractivity contribution is 0.150. The molecule has 21 heavy (non-hydrogen) atoms. The number of pyridine rings is 1. The average Bonchev–Trinajstić information content (AvgIpc) is 2.53. The van der Waals surface area contributed by atoms with Gasteiger partial charge in [-0.2, -0.15) is 0 Å². The summed E-state index contributed by atoms with van der Waals surface area (Å²) in [6.07, 6.45) is 5.82. The molecular formula is C17H29N3O. The van der Waals surface area contributed by atoms with Gasteiger partial charge in [-0.25, -0.2) is 4.98 Å². The maximum atomic E-state index is 5.09. The van der Waals surface area contributed by atoms with Crippen LogP contribution in [0.5, 0.6) is 5.88 Å². The van der Waals surface area contributed by atoms with Crippen molar-refractivity contribution < 1.29 is 4.74 Å². The molecule has 1 aliphatic heterocycles. The van der Waals surface area contributed by atoms with Crippen LogP contribution in [0, 0.1) is 5.92 Å². The van der Waals surface area contributed by atoms with Crippen LogP contribution in [0.25, 0.3) is 0 Å². The third kappa shape index (κ3) is 4.97. The molecule has 1 saturated heterocycles. The molecular weight excluding hydrogens is 262 g/mol. The van der Waals surface area contributed by atoms with Gasteiger partial charge in [-0.3, -0.25) is 0 Å². The first-order chi connectivity index (χ1) is 10.2. The van der Waals surface area contributed by atoms with Crippen molar-refractivity contribution in [3.8, 4) is 5.88 Å². The van der Waals surface area contributed by atoms with Crippen molar-refractivity contribution >= 4 is 0 Å². The van der Waals surface area contributed by atoms with Crippen molar-refractivity contribution in [2.75, 3.05) is 26.7 Å². The highest BCUT2D eigenvalue weighted by atomic mass is 16.5. The van der Waals surface area contributed by atoms with E-state index in [1.165, 1.54) is 44.5 Å². The van der Waals surface area contributed by atoms with E-state index < -0.39 is 0 Å².